The fourth-order valence-electron chi connectivity index (χ4n) is 2.36. The Kier molecular flexibility index (Phi) is 4.90. The quantitative estimate of drug-likeness (QED) is 0.412. The van der Waals surface area contributed by atoms with Gasteiger partial charge < -0.3 is 15.8 Å². The number of pyridine rings is 1. The Labute approximate surface area is 140 Å². The van der Waals surface area contributed by atoms with Gasteiger partial charge in [0.25, 0.3) is 0 Å². The summed E-state index contributed by atoms with van der Waals surface area (Å²) in [6, 6.07) is 13.4. The lowest BCUT2D eigenvalue weighted by atomic mass is 10.3. The van der Waals surface area contributed by atoms with E-state index in [4.69, 9.17) is 10.5 Å². The average Bonchev–Trinajstić information content (AvgIpc) is 3.03. The summed E-state index contributed by atoms with van der Waals surface area (Å²) in [6.45, 7) is 0.622. The standard InChI is InChI=1S/C17H20N6O/c1-24-14-9-7-13(8-10-14)20-17(18)19-11-4-6-16-22-21-15-5-2-3-12-23(15)16/h2-3,5,7-10,12H,4,6,11H2,1H3,(H3,18,19,20). The average molecular weight is 324 g/mol. The van der Waals surface area contributed by atoms with Crippen molar-refractivity contribution in [1.29, 1.82) is 0 Å². The number of ether oxygens (including phenoxy) is 1. The fraction of sp³-hybridized carbons (Fsp3) is 0.235. The van der Waals surface area contributed by atoms with Gasteiger partial charge in [0, 0.05) is 24.8 Å². The largest absolute Gasteiger partial charge is 0.497 e. The Morgan fingerprint density at radius 3 is 2.83 bits per heavy atom. The zero-order valence-electron chi connectivity index (χ0n) is 13.5. The first-order valence-corrected chi connectivity index (χ1v) is 7.76. The highest BCUT2D eigenvalue weighted by Crippen LogP contribution is 2.14. The van der Waals surface area contributed by atoms with Crippen molar-refractivity contribution in [2.75, 3.05) is 19.0 Å². The van der Waals surface area contributed by atoms with Crippen molar-refractivity contribution in [2.24, 2.45) is 10.7 Å². The van der Waals surface area contributed by atoms with Crippen LogP contribution >= 0.6 is 0 Å². The summed E-state index contributed by atoms with van der Waals surface area (Å²) in [6.07, 6.45) is 3.61. The van der Waals surface area contributed by atoms with Crippen LogP contribution in [0.1, 0.15) is 12.2 Å². The number of nitrogens with one attached hydrogen (secondary N) is 1. The molecule has 3 N–H and O–H groups in total. The SMILES string of the molecule is COc1ccc(NC(N)=NCCCc2nnc3ccccn23)cc1. The molecule has 2 heterocycles. The number of nitrogens with two attached hydrogens (primary N) is 1. The van der Waals surface area contributed by atoms with Crippen LogP contribution in [-0.2, 0) is 6.42 Å². The number of aryl methyl sites for hydroxylation is 1. The van der Waals surface area contributed by atoms with Gasteiger partial charge in [-0.3, -0.25) is 9.39 Å². The minimum atomic E-state index is 0.395. The molecule has 0 unspecified atom stereocenters. The lowest BCUT2D eigenvalue weighted by Crippen LogP contribution is -2.22. The Hall–Kier alpha value is -3.09. The van der Waals surface area contributed by atoms with Gasteiger partial charge in [-0.05, 0) is 42.8 Å². The summed E-state index contributed by atoms with van der Waals surface area (Å²) in [5, 5.41) is 11.4. The molecule has 1 aromatic carbocycles. The third-order valence-electron chi connectivity index (χ3n) is 3.59. The van der Waals surface area contributed by atoms with Crippen LogP contribution in [0.5, 0.6) is 5.75 Å². The molecule has 3 rings (SSSR count). The van der Waals surface area contributed by atoms with Crippen molar-refractivity contribution in [3.63, 3.8) is 0 Å². The minimum absolute atomic E-state index is 0.395. The molecule has 124 valence electrons. The summed E-state index contributed by atoms with van der Waals surface area (Å²) in [5.41, 5.74) is 7.63. The fourth-order valence-corrected chi connectivity index (χ4v) is 2.36. The van der Waals surface area contributed by atoms with E-state index in [1.165, 1.54) is 0 Å². The zero-order valence-corrected chi connectivity index (χ0v) is 13.5. The van der Waals surface area contributed by atoms with E-state index in [1.54, 1.807) is 7.11 Å². The Balaban J connectivity index is 1.50. The first-order valence-electron chi connectivity index (χ1n) is 7.76. The van der Waals surface area contributed by atoms with E-state index in [-0.39, 0.29) is 0 Å². The van der Waals surface area contributed by atoms with E-state index < -0.39 is 0 Å². The number of guanidine groups is 1. The molecule has 7 heteroatoms. The van der Waals surface area contributed by atoms with Crippen LogP contribution in [0.4, 0.5) is 5.69 Å². The molecule has 7 nitrogen and oxygen atoms in total. The van der Waals surface area contributed by atoms with Gasteiger partial charge in [0.2, 0.25) is 0 Å². The molecule has 0 aliphatic carbocycles. The molecule has 3 aromatic rings. The van der Waals surface area contributed by atoms with Crippen molar-refractivity contribution < 1.29 is 4.74 Å². The van der Waals surface area contributed by atoms with E-state index in [0.29, 0.717) is 12.5 Å². The van der Waals surface area contributed by atoms with E-state index in [2.05, 4.69) is 20.5 Å². The molecule has 2 aromatic heterocycles. The molecular weight excluding hydrogens is 304 g/mol. The highest BCUT2D eigenvalue weighted by atomic mass is 16.5. The van der Waals surface area contributed by atoms with E-state index >= 15 is 0 Å². The number of nitrogens with zero attached hydrogens (tertiary/aromatic N) is 4. The predicted molar refractivity (Wildman–Crippen MR) is 94.4 cm³/mol. The molecule has 0 aliphatic rings. The highest BCUT2D eigenvalue weighted by Gasteiger charge is 2.03. The van der Waals surface area contributed by atoms with Gasteiger partial charge in [0.05, 0.1) is 7.11 Å². The molecule has 24 heavy (non-hydrogen) atoms. The summed E-state index contributed by atoms with van der Waals surface area (Å²) in [4.78, 5) is 4.34. The van der Waals surface area contributed by atoms with E-state index in [0.717, 1.165) is 35.8 Å². The predicted octanol–water partition coefficient (Wildman–Crippen LogP) is 2.10. The second-order valence-corrected chi connectivity index (χ2v) is 5.27. The van der Waals surface area contributed by atoms with Crippen molar-refractivity contribution in [2.45, 2.75) is 12.8 Å². The number of hydrogen-bond donors (Lipinski definition) is 2. The number of anilines is 1. The smallest absolute Gasteiger partial charge is 0.193 e. The molecule has 0 aliphatic heterocycles. The van der Waals surface area contributed by atoms with Crippen LogP contribution < -0.4 is 15.8 Å². The number of fused-ring (bicyclic) bond motifs is 1. The highest BCUT2D eigenvalue weighted by molar-refractivity contribution is 5.92. The number of benzene rings is 1. The summed E-state index contributed by atoms with van der Waals surface area (Å²) in [7, 11) is 1.64. The first-order chi connectivity index (χ1) is 11.8. The molecule has 0 atom stereocenters. The molecule has 0 bridgehead atoms. The van der Waals surface area contributed by atoms with Gasteiger partial charge in [-0.1, -0.05) is 6.07 Å². The second kappa shape index (κ2) is 7.45. The van der Waals surface area contributed by atoms with Gasteiger partial charge in [-0.15, -0.1) is 10.2 Å². The summed E-state index contributed by atoms with van der Waals surface area (Å²) in [5.74, 6) is 2.13. The first kappa shape index (κ1) is 15.8. The van der Waals surface area contributed by atoms with Crippen LogP contribution in [0.2, 0.25) is 0 Å². The lowest BCUT2D eigenvalue weighted by molar-refractivity contribution is 0.415. The van der Waals surface area contributed by atoms with Gasteiger partial charge in [0.1, 0.15) is 11.6 Å². The van der Waals surface area contributed by atoms with Gasteiger partial charge in [0.15, 0.2) is 11.6 Å². The molecule has 0 saturated heterocycles. The van der Waals surface area contributed by atoms with Gasteiger partial charge >= 0.3 is 0 Å². The minimum Gasteiger partial charge on any atom is -0.497 e. The Bertz CT molecular complexity index is 824. The van der Waals surface area contributed by atoms with E-state index in [1.807, 2.05) is 53.1 Å². The van der Waals surface area contributed by atoms with Crippen molar-refractivity contribution >= 4 is 17.3 Å². The molecular formula is C17H20N6O. The van der Waals surface area contributed by atoms with Crippen LogP contribution in [0.25, 0.3) is 5.65 Å². The monoisotopic (exact) mass is 324 g/mol. The van der Waals surface area contributed by atoms with Crippen LogP contribution in [0.15, 0.2) is 53.7 Å². The van der Waals surface area contributed by atoms with Gasteiger partial charge in [-0.25, -0.2) is 0 Å². The van der Waals surface area contributed by atoms with Crippen molar-refractivity contribution in [3.05, 3.63) is 54.5 Å². The number of methoxy groups -OCH3 is 1. The number of rotatable bonds is 6. The van der Waals surface area contributed by atoms with Crippen molar-refractivity contribution in [3.8, 4) is 5.75 Å². The van der Waals surface area contributed by atoms with Crippen molar-refractivity contribution in [1.82, 2.24) is 14.6 Å². The summed E-state index contributed by atoms with van der Waals surface area (Å²) >= 11 is 0. The van der Waals surface area contributed by atoms with Crippen LogP contribution in [0.3, 0.4) is 0 Å². The van der Waals surface area contributed by atoms with Crippen LogP contribution in [0, 0.1) is 0 Å². The van der Waals surface area contributed by atoms with Crippen LogP contribution in [-0.4, -0.2) is 34.2 Å². The molecule has 0 saturated carbocycles. The van der Waals surface area contributed by atoms with E-state index in [9.17, 15) is 0 Å². The topological polar surface area (TPSA) is 89.8 Å². The zero-order chi connectivity index (χ0) is 16.8. The number of aromatic nitrogens is 3. The number of aliphatic imine (C=N–C) groups is 1. The maximum atomic E-state index is 5.90. The molecule has 0 fully saturated rings. The lowest BCUT2D eigenvalue weighted by Gasteiger charge is -2.06. The molecule has 0 amide bonds. The molecule has 0 radical (unpaired) electrons. The Morgan fingerprint density at radius 1 is 1.21 bits per heavy atom. The second-order valence-electron chi connectivity index (χ2n) is 5.27. The summed E-state index contributed by atoms with van der Waals surface area (Å²) < 4.78 is 7.11. The molecule has 0 spiro atoms. The third kappa shape index (κ3) is 3.81. The van der Waals surface area contributed by atoms with Gasteiger partial charge in [-0.2, -0.15) is 0 Å². The maximum Gasteiger partial charge on any atom is 0.193 e. The Morgan fingerprint density at radius 2 is 2.04 bits per heavy atom. The normalized spacial score (nSPS) is 11.6. The number of hydrogen-bond acceptors (Lipinski definition) is 4. The third-order valence-corrected chi connectivity index (χ3v) is 3.59. The maximum absolute atomic E-state index is 5.90.